The van der Waals surface area contributed by atoms with E-state index in [1.807, 2.05) is 84.9 Å². The second-order valence-corrected chi connectivity index (χ2v) is 10.5. The van der Waals surface area contributed by atoms with Gasteiger partial charge in [-0.25, -0.2) is 0 Å². The molecular weight excluding hydrogens is 563 g/mol. The van der Waals surface area contributed by atoms with E-state index in [0.29, 0.717) is 18.7 Å². The van der Waals surface area contributed by atoms with Crippen molar-refractivity contribution >= 4 is 34.4 Å². The van der Waals surface area contributed by atoms with Gasteiger partial charge in [-0.15, -0.1) is 0 Å². The molecule has 36 heavy (non-hydrogen) atoms. The maximum absolute atomic E-state index is 13.7. The topological polar surface area (TPSA) is 58.6 Å². The van der Waals surface area contributed by atoms with Crippen LogP contribution < -0.4 is 10.1 Å². The molecule has 0 spiro atoms. The molecule has 0 saturated heterocycles. The minimum atomic E-state index is -0.637. The Morgan fingerprint density at radius 3 is 2.11 bits per heavy atom. The number of carbonyl (C=O) groups excluding carboxylic acids is 2. The summed E-state index contributed by atoms with van der Waals surface area (Å²) in [5.74, 6) is 0.330. The maximum atomic E-state index is 13.7. The second kappa shape index (κ2) is 13.4. The molecule has 3 aromatic carbocycles. The van der Waals surface area contributed by atoms with E-state index in [1.165, 1.54) is 6.42 Å². The zero-order chi connectivity index (χ0) is 25.2. The molecule has 1 aliphatic rings. The molecule has 4 rings (SSSR count). The average molecular weight is 597 g/mol. The molecule has 1 aliphatic carbocycles. The number of nitrogens with one attached hydrogen (secondary N) is 1. The SMILES string of the molecule is O=C(NC1CCCCC1)[C@@H](Cc1ccccc1)N(Cc1ccccc1)C(=O)COc1ccc(I)cc1. The molecule has 188 valence electrons. The highest BCUT2D eigenvalue weighted by Crippen LogP contribution is 2.20. The van der Waals surface area contributed by atoms with Crippen molar-refractivity contribution < 1.29 is 14.3 Å². The van der Waals surface area contributed by atoms with Gasteiger partial charge in [0.1, 0.15) is 11.8 Å². The van der Waals surface area contributed by atoms with Crippen LogP contribution in [0.4, 0.5) is 0 Å². The molecule has 2 amide bonds. The van der Waals surface area contributed by atoms with Gasteiger partial charge in [-0.05, 0) is 70.8 Å². The Hall–Kier alpha value is -2.87. The van der Waals surface area contributed by atoms with Crippen molar-refractivity contribution in [2.24, 2.45) is 0 Å². The zero-order valence-corrected chi connectivity index (χ0v) is 22.6. The Bertz CT molecular complexity index is 1100. The Kier molecular flexibility index (Phi) is 9.78. The molecule has 5 nitrogen and oxygen atoms in total. The summed E-state index contributed by atoms with van der Waals surface area (Å²) in [5, 5.41) is 3.27. The van der Waals surface area contributed by atoms with E-state index >= 15 is 0 Å². The van der Waals surface area contributed by atoms with Gasteiger partial charge in [0.25, 0.3) is 5.91 Å². The smallest absolute Gasteiger partial charge is 0.261 e. The van der Waals surface area contributed by atoms with Crippen LogP contribution in [0.1, 0.15) is 43.2 Å². The fourth-order valence-corrected chi connectivity index (χ4v) is 5.00. The lowest BCUT2D eigenvalue weighted by molar-refractivity contribution is -0.143. The number of ether oxygens (including phenoxy) is 1. The highest BCUT2D eigenvalue weighted by molar-refractivity contribution is 14.1. The predicted molar refractivity (Wildman–Crippen MR) is 151 cm³/mol. The van der Waals surface area contributed by atoms with E-state index in [0.717, 1.165) is 40.4 Å². The van der Waals surface area contributed by atoms with E-state index in [4.69, 9.17) is 4.74 Å². The summed E-state index contributed by atoms with van der Waals surface area (Å²) in [5.41, 5.74) is 1.99. The quantitative estimate of drug-likeness (QED) is 0.303. The van der Waals surface area contributed by atoms with Gasteiger partial charge in [-0.1, -0.05) is 79.9 Å². The van der Waals surface area contributed by atoms with Crippen molar-refractivity contribution in [1.82, 2.24) is 10.2 Å². The first kappa shape index (κ1) is 26.2. The van der Waals surface area contributed by atoms with Crippen molar-refractivity contribution in [2.45, 2.75) is 57.2 Å². The van der Waals surface area contributed by atoms with E-state index in [9.17, 15) is 9.59 Å². The van der Waals surface area contributed by atoms with Crippen molar-refractivity contribution in [3.05, 3.63) is 99.6 Å². The fourth-order valence-electron chi connectivity index (χ4n) is 4.64. The number of amides is 2. The molecule has 1 fully saturated rings. The third kappa shape index (κ3) is 7.82. The largest absolute Gasteiger partial charge is 0.484 e. The van der Waals surface area contributed by atoms with Gasteiger partial charge in [0.2, 0.25) is 5.91 Å². The first-order chi connectivity index (χ1) is 17.6. The highest BCUT2D eigenvalue weighted by atomic mass is 127. The van der Waals surface area contributed by atoms with Gasteiger partial charge in [-0.3, -0.25) is 9.59 Å². The van der Waals surface area contributed by atoms with Gasteiger partial charge in [-0.2, -0.15) is 0 Å². The van der Waals surface area contributed by atoms with Crippen LogP contribution in [-0.2, 0) is 22.6 Å². The normalized spacial score (nSPS) is 14.6. The maximum Gasteiger partial charge on any atom is 0.261 e. The number of hydrogen-bond donors (Lipinski definition) is 1. The van der Waals surface area contributed by atoms with Crippen LogP contribution in [0.15, 0.2) is 84.9 Å². The molecule has 0 bridgehead atoms. The second-order valence-electron chi connectivity index (χ2n) is 9.30. The van der Waals surface area contributed by atoms with Gasteiger partial charge in [0.05, 0.1) is 0 Å². The molecule has 1 N–H and O–H groups in total. The molecule has 0 aromatic heterocycles. The van der Waals surface area contributed by atoms with E-state index in [1.54, 1.807) is 4.90 Å². The summed E-state index contributed by atoms with van der Waals surface area (Å²) in [6, 6.07) is 26.9. The molecule has 0 unspecified atom stereocenters. The van der Waals surface area contributed by atoms with Crippen molar-refractivity contribution in [1.29, 1.82) is 0 Å². The molecule has 1 saturated carbocycles. The molecule has 6 heteroatoms. The third-order valence-corrected chi connectivity index (χ3v) is 7.31. The molecular formula is C30H33IN2O3. The number of rotatable bonds is 10. The van der Waals surface area contributed by atoms with Gasteiger partial charge in [0, 0.05) is 22.6 Å². The summed E-state index contributed by atoms with van der Waals surface area (Å²) in [6.45, 7) is 0.209. The lowest BCUT2D eigenvalue weighted by Crippen LogP contribution is -2.53. The van der Waals surface area contributed by atoms with Crippen LogP contribution in [0.2, 0.25) is 0 Å². The summed E-state index contributed by atoms with van der Waals surface area (Å²) in [6.07, 6.45) is 5.91. The first-order valence-corrected chi connectivity index (χ1v) is 13.7. The van der Waals surface area contributed by atoms with Crippen molar-refractivity contribution in [2.75, 3.05) is 6.61 Å². The van der Waals surface area contributed by atoms with Gasteiger partial charge >= 0.3 is 0 Å². The van der Waals surface area contributed by atoms with Crippen LogP contribution in [0.3, 0.4) is 0 Å². The highest BCUT2D eigenvalue weighted by Gasteiger charge is 2.32. The number of carbonyl (C=O) groups is 2. The standard InChI is InChI=1S/C30H33IN2O3/c31-25-16-18-27(19-17-25)36-22-29(34)33(21-24-12-6-2-7-13-24)28(20-23-10-4-1-5-11-23)30(35)32-26-14-8-3-9-15-26/h1-2,4-7,10-13,16-19,26,28H,3,8-9,14-15,20-22H2,(H,32,35)/t28-/m1/s1. The van der Waals surface area contributed by atoms with Gasteiger partial charge < -0.3 is 15.0 Å². The monoisotopic (exact) mass is 596 g/mol. The summed E-state index contributed by atoms with van der Waals surface area (Å²) in [7, 11) is 0. The first-order valence-electron chi connectivity index (χ1n) is 12.6. The molecule has 1 atom stereocenters. The summed E-state index contributed by atoms with van der Waals surface area (Å²) >= 11 is 2.23. The number of halogens is 1. The van der Waals surface area contributed by atoms with Crippen LogP contribution in [0, 0.1) is 3.57 Å². The molecule has 3 aromatic rings. The lowest BCUT2D eigenvalue weighted by Gasteiger charge is -2.33. The third-order valence-electron chi connectivity index (χ3n) is 6.59. The average Bonchev–Trinajstić information content (AvgIpc) is 2.92. The Balaban J connectivity index is 1.58. The number of hydrogen-bond acceptors (Lipinski definition) is 3. The Morgan fingerprint density at radius 2 is 1.47 bits per heavy atom. The summed E-state index contributed by atoms with van der Waals surface area (Å²) < 4.78 is 6.94. The zero-order valence-electron chi connectivity index (χ0n) is 20.4. The van der Waals surface area contributed by atoms with Crippen LogP contribution in [-0.4, -0.2) is 35.4 Å². The van der Waals surface area contributed by atoms with E-state index in [2.05, 4.69) is 27.9 Å². The predicted octanol–water partition coefficient (Wildman–Crippen LogP) is 5.76. The minimum absolute atomic E-state index is 0.0932. The van der Waals surface area contributed by atoms with E-state index in [-0.39, 0.29) is 24.5 Å². The van der Waals surface area contributed by atoms with Crippen molar-refractivity contribution in [3.63, 3.8) is 0 Å². The minimum Gasteiger partial charge on any atom is -0.484 e. The van der Waals surface area contributed by atoms with Gasteiger partial charge in [0.15, 0.2) is 6.61 Å². The van der Waals surface area contributed by atoms with Crippen molar-refractivity contribution in [3.8, 4) is 5.75 Å². The Morgan fingerprint density at radius 1 is 0.861 bits per heavy atom. The number of nitrogens with zero attached hydrogens (tertiary/aromatic N) is 1. The lowest BCUT2D eigenvalue weighted by atomic mass is 9.94. The molecule has 0 aliphatic heterocycles. The Labute approximate surface area is 227 Å². The van der Waals surface area contributed by atoms with Crippen LogP contribution in [0.25, 0.3) is 0 Å². The molecule has 0 radical (unpaired) electrons. The fraction of sp³-hybridized carbons (Fsp3) is 0.333. The number of benzene rings is 3. The summed E-state index contributed by atoms with van der Waals surface area (Å²) in [4.78, 5) is 29.0. The molecule has 0 heterocycles. The van der Waals surface area contributed by atoms with Crippen LogP contribution in [0.5, 0.6) is 5.75 Å². The van der Waals surface area contributed by atoms with E-state index < -0.39 is 6.04 Å². The van der Waals surface area contributed by atoms with Crippen LogP contribution >= 0.6 is 22.6 Å².